The summed E-state index contributed by atoms with van der Waals surface area (Å²) < 4.78 is 0. The van der Waals surface area contributed by atoms with Crippen molar-refractivity contribution in [3.05, 3.63) is 33.9 Å². The molecule has 0 aromatic heterocycles. The highest BCUT2D eigenvalue weighted by molar-refractivity contribution is 5.65. The van der Waals surface area contributed by atoms with Crippen LogP contribution in [0.1, 0.15) is 31.2 Å². The summed E-state index contributed by atoms with van der Waals surface area (Å²) in [5, 5.41) is 20.7. The zero-order valence-corrected chi connectivity index (χ0v) is 11.2. The maximum absolute atomic E-state index is 11.2. The van der Waals surface area contributed by atoms with Gasteiger partial charge in [-0.25, -0.2) is 0 Å². The zero-order chi connectivity index (χ0) is 13.8. The number of nitro benzene ring substituents is 1. The number of benzene rings is 1. The average Bonchev–Trinajstić information content (AvgIpc) is 2.63. The summed E-state index contributed by atoms with van der Waals surface area (Å²) in [5.74, 6) is 0. The summed E-state index contributed by atoms with van der Waals surface area (Å²) >= 11 is 0. The molecule has 2 rings (SSSR count). The molecule has 1 aliphatic heterocycles. The number of nitrogens with zero attached hydrogens (tertiary/aromatic N) is 2. The van der Waals surface area contributed by atoms with Crippen LogP contribution >= 0.6 is 0 Å². The van der Waals surface area contributed by atoms with Gasteiger partial charge in [-0.1, -0.05) is 18.9 Å². The predicted molar refractivity (Wildman–Crippen MR) is 74.5 cm³/mol. The average molecular weight is 264 g/mol. The van der Waals surface area contributed by atoms with Crippen LogP contribution in [-0.2, 0) is 0 Å². The summed E-state index contributed by atoms with van der Waals surface area (Å²) in [4.78, 5) is 12.8. The van der Waals surface area contributed by atoms with Crippen molar-refractivity contribution in [2.75, 3.05) is 18.1 Å². The van der Waals surface area contributed by atoms with Crippen LogP contribution in [0, 0.1) is 17.0 Å². The molecule has 19 heavy (non-hydrogen) atoms. The van der Waals surface area contributed by atoms with Crippen molar-refractivity contribution in [3.8, 4) is 0 Å². The molecular formula is C14H20N2O3. The largest absolute Gasteiger partial charge is 0.394 e. The number of hydrogen-bond acceptors (Lipinski definition) is 4. The minimum atomic E-state index is -0.339. The molecule has 5 heteroatoms. The van der Waals surface area contributed by atoms with Crippen molar-refractivity contribution >= 4 is 11.4 Å². The molecule has 104 valence electrons. The van der Waals surface area contributed by atoms with Crippen molar-refractivity contribution in [2.24, 2.45) is 0 Å². The van der Waals surface area contributed by atoms with E-state index in [0.29, 0.717) is 5.69 Å². The van der Waals surface area contributed by atoms with E-state index in [4.69, 9.17) is 0 Å². The van der Waals surface area contributed by atoms with Gasteiger partial charge in [0.15, 0.2) is 0 Å². The lowest BCUT2D eigenvalue weighted by Gasteiger charge is -2.30. The van der Waals surface area contributed by atoms with E-state index < -0.39 is 0 Å². The fourth-order valence-corrected chi connectivity index (χ4v) is 2.70. The van der Waals surface area contributed by atoms with Gasteiger partial charge in [0.2, 0.25) is 0 Å². The summed E-state index contributed by atoms with van der Waals surface area (Å²) in [6.07, 6.45) is 4.09. The molecule has 1 saturated heterocycles. The molecule has 1 heterocycles. The van der Waals surface area contributed by atoms with Crippen LogP contribution in [0.15, 0.2) is 18.2 Å². The smallest absolute Gasteiger partial charge is 0.292 e. The van der Waals surface area contributed by atoms with E-state index >= 15 is 0 Å². The normalized spacial score (nSPS) is 20.1. The number of aliphatic hydroxyl groups is 1. The molecule has 0 aliphatic carbocycles. The second-order valence-electron chi connectivity index (χ2n) is 5.13. The number of anilines is 1. The Kier molecular flexibility index (Phi) is 4.37. The predicted octanol–water partition coefficient (Wildman–Crippen LogP) is 2.64. The van der Waals surface area contributed by atoms with Crippen molar-refractivity contribution < 1.29 is 10.0 Å². The van der Waals surface area contributed by atoms with E-state index in [2.05, 4.69) is 0 Å². The van der Waals surface area contributed by atoms with Crippen molar-refractivity contribution in [2.45, 2.75) is 38.6 Å². The lowest BCUT2D eigenvalue weighted by molar-refractivity contribution is -0.384. The van der Waals surface area contributed by atoms with Gasteiger partial charge in [0.1, 0.15) is 5.69 Å². The standard InChI is InChI=1S/C14H20N2O3/c1-11-6-7-13(16(18)19)14(9-11)15-8-4-2-3-5-12(15)10-17/h6-7,9,12,17H,2-5,8,10H2,1H3. The Hall–Kier alpha value is -1.62. The summed E-state index contributed by atoms with van der Waals surface area (Å²) in [5.41, 5.74) is 1.78. The molecule has 1 aromatic rings. The molecule has 1 aromatic carbocycles. The summed E-state index contributed by atoms with van der Waals surface area (Å²) in [7, 11) is 0. The number of aryl methyl sites for hydroxylation is 1. The minimum Gasteiger partial charge on any atom is -0.394 e. The minimum absolute atomic E-state index is 0.0111. The number of nitro groups is 1. The second-order valence-corrected chi connectivity index (χ2v) is 5.13. The van der Waals surface area contributed by atoms with Crippen LogP contribution in [0.5, 0.6) is 0 Å². The zero-order valence-electron chi connectivity index (χ0n) is 11.2. The monoisotopic (exact) mass is 264 g/mol. The molecule has 1 aliphatic rings. The Bertz CT molecular complexity index is 462. The SMILES string of the molecule is Cc1ccc([N+](=O)[O-])c(N2CCCCCC2CO)c1. The Morgan fingerprint density at radius 2 is 2.21 bits per heavy atom. The third-order valence-corrected chi connectivity index (χ3v) is 3.72. The van der Waals surface area contributed by atoms with Gasteiger partial charge in [0.05, 0.1) is 17.6 Å². The van der Waals surface area contributed by atoms with Crippen LogP contribution in [0.2, 0.25) is 0 Å². The van der Waals surface area contributed by atoms with Gasteiger partial charge in [0, 0.05) is 12.6 Å². The van der Waals surface area contributed by atoms with Crippen LogP contribution in [0.4, 0.5) is 11.4 Å². The third-order valence-electron chi connectivity index (χ3n) is 3.72. The molecule has 0 saturated carbocycles. The Balaban J connectivity index is 2.42. The molecule has 0 bridgehead atoms. The van der Waals surface area contributed by atoms with Crippen molar-refractivity contribution in [1.29, 1.82) is 0 Å². The molecular weight excluding hydrogens is 244 g/mol. The van der Waals surface area contributed by atoms with Gasteiger partial charge in [0.25, 0.3) is 5.69 Å². The van der Waals surface area contributed by atoms with Crippen LogP contribution in [0.3, 0.4) is 0 Å². The van der Waals surface area contributed by atoms with Crippen molar-refractivity contribution in [3.63, 3.8) is 0 Å². The maximum atomic E-state index is 11.2. The van der Waals surface area contributed by atoms with Gasteiger partial charge in [-0.05, 0) is 31.4 Å². The summed E-state index contributed by atoms with van der Waals surface area (Å²) in [6, 6.07) is 5.16. The highest BCUT2D eigenvalue weighted by Crippen LogP contribution is 2.33. The third kappa shape index (κ3) is 3.04. The molecule has 1 unspecified atom stereocenters. The van der Waals surface area contributed by atoms with Crippen LogP contribution in [0.25, 0.3) is 0 Å². The van der Waals surface area contributed by atoms with Gasteiger partial charge in [-0.2, -0.15) is 0 Å². The first kappa shape index (κ1) is 13.8. The van der Waals surface area contributed by atoms with E-state index in [-0.39, 0.29) is 23.3 Å². The van der Waals surface area contributed by atoms with E-state index in [9.17, 15) is 15.2 Å². The quantitative estimate of drug-likeness (QED) is 0.673. The number of rotatable bonds is 3. The topological polar surface area (TPSA) is 66.6 Å². The van der Waals surface area contributed by atoms with Gasteiger partial charge >= 0.3 is 0 Å². The lowest BCUT2D eigenvalue weighted by Crippen LogP contribution is -2.38. The number of hydrogen-bond donors (Lipinski definition) is 1. The lowest BCUT2D eigenvalue weighted by atomic mass is 10.1. The fourth-order valence-electron chi connectivity index (χ4n) is 2.70. The van der Waals surface area contributed by atoms with Crippen molar-refractivity contribution in [1.82, 2.24) is 0 Å². The van der Waals surface area contributed by atoms with Crippen LogP contribution < -0.4 is 4.90 Å². The highest BCUT2D eigenvalue weighted by Gasteiger charge is 2.26. The maximum Gasteiger partial charge on any atom is 0.292 e. The van der Waals surface area contributed by atoms with E-state index in [1.165, 1.54) is 0 Å². The molecule has 1 N–H and O–H groups in total. The fraction of sp³-hybridized carbons (Fsp3) is 0.571. The van der Waals surface area contributed by atoms with Gasteiger partial charge < -0.3 is 10.0 Å². The summed E-state index contributed by atoms with van der Waals surface area (Å²) in [6.45, 7) is 2.75. The van der Waals surface area contributed by atoms with Crippen LogP contribution in [-0.4, -0.2) is 29.2 Å². The molecule has 1 fully saturated rings. The molecule has 1 atom stereocenters. The van der Waals surface area contributed by atoms with E-state index in [1.54, 1.807) is 12.1 Å². The van der Waals surface area contributed by atoms with Gasteiger partial charge in [-0.15, -0.1) is 0 Å². The molecule has 5 nitrogen and oxygen atoms in total. The molecule has 0 spiro atoms. The molecule has 0 radical (unpaired) electrons. The first-order valence-corrected chi connectivity index (χ1v) is 6.76. The van der Waals surface area contributed by atoms with E-state index in [0.717, 1.165) is 37.8 Å². The Labute approximate surface area is 113 Å². The number of aliphatic hydroxyl groups excluding tert-OH is 1. The second kappa shape index (κ2) is 6.02. The highest BCUT2D eigenvalue weighted by atomic mass is 16.6. The van der Waals surface area contributed by atoms with Gasteiger partial charge in [-0.3, -0.25) is 10.1 Å². The molecule has 0 amide bonds. The van der Waals surface area contributed by atoms with E-state index in [1.807, 2.05) is 17.9 Å². The first-order valence-electron chi connectivity index (χ1n) is 6.76. The Morgan fingerprint density at radius 3 is 2.89 bits per heavy atom. The Morgan fingerprint density at radius 1 is 1.42 bits per heavy atom. The first-order chi connectivity index (χ1) is 9.13.